The first-order valence-electron chi connectivity index (χ1n) is 9.19. The predicted octanol–water partition coefficient (Wildman–Crippen LogP) is 4.03. The monoisotopic (exact) mass is 453 g/mol. The lowest BCUT2D eigenvalue weighted by Gasteiger charge is -2.37. The van der Waals surface area contributed by atoms with E-state index in [4.69, 9.17) is 0 Å². The van der Waals surface area contributed by atoms with Gasteiger partial charge in [0.15, 0.2) is 0 Å². The van der Waals surface area contributed by atoms with E-state index in [0.717, 1.165) is 42.1 Å². The zero-order valence-electron chi connectivity index (χ0n) is 15.6. The van der Waals surface area contributed by atoms with Crippen LogP contribution in [0.5, 0.6) is 0 Å². The third kappa shape index (κ3) is 5.60. The standard InChI is InChI=1S/C20H25BrFN3OS/c1-14(16-3-5-17(22)6-4-16)23-20(26)15(2)25-11-9-24(10-12-25)13-18-7-8-19(21)27-18/h3-8,14-15H,9-13H2,1-2H3,(H,23,26)/t14-,15-/m0/s1. The fraction of sp³-hybridized carbons (Fsp3) is 0.450. The quantitative estimate of drug-likeness (QED) is 0.716. The molecule has 1 aliphatic rings. The minimum atomic E-state index is -0.265. The fourth-order valence-electron chi connectivity index (χ4n) is 3.30. The van der Waals surface area contributed by atoms with Crippen molar-refractivity contribution in [2.75, 3.05) is 26.2 Å². The SMILES string of the molecule is C[C@H](NC(=O)[C@H](C)N1CCN(Cc2ccc(Br)s2)CC1)c1ccc(F)cc1. The minimum absolute atomic E-state index is 0.0162. The Morgan fingerprint density at radius 2 is 1.81 bits per heavy atom. The van der Waals surface area contributed by atoms with Crippen LogP contribution in [0, 0.1) is 5.82 Å². The van der Waals surface area contributed by atoms with Gasteiger partial charge in [-0.1, -0.05) is 12.1 Å². The van der Waals surface area contributed by atoms with Crippen molar-refractivity contribution in [2.45, 2.75) is 32.5 Å². The van der Waals surface area contributed by atoms with Crippen LogP contribution in [0.2, 0.25) is 0 Å². The van der Waals surface area contributed by atoms with Gasteiger partial charge in [-0.3, -0.25) is 14.6 Å². The Balaban J connectivity index is 1.47. The number of hydrogen-bond acceptors (Lipinski definition) is 4. The van der Waals surface area contributed by atoms with Gasteiger partial charge in [0.2, 0.25) is 5.91 Å². The molecule has 1 fully saturated rings. The Labute approximate surface area is 172 Å². The highest BCUT2D eigenvalue weighted by atomic mass is 79.9. The zero-order valence-corrected chi connectivity index (χ0v) is 18.0. The molecule has 0 unspecified atom stereocenters. The average molecular weight is 454 g/mol. The Morgan fingerprint density at radius 1 is 1.15 bits per heavy atom. The number of nitrogens with one attached hydrogen (secondary N) is 1. The van der Waals surface area contributed by atoms with E-state index in [1.165, 1.54) is 17.0 Å². The molecule has 2 aromatic rings. The maximum atomic E-state index is 13.1. The fourth-order valence-corrected chi connectivity index (χ4v) is 4.83. The number of amides is 1. The number of hydrogen-bond donors (Lipinski definition) is 1. The van der Waals surface area contributed by atoms with Crippen molar-refractivity contribution in [3.8, 4) is 0 Å². The van der Waals surface area contributed by atoms with Gasteiger partial charge < -0.3 is 5.32 Å². The molecule has 7 heteroatoms. The van der Waals surface area contributed by atoms with Crippen molar-refractivity contribution in [3.05, 3.63) is 56.4 Å². The molecule has 0 spiro atoms. The molecule has 0 saturated carbocycles. The number of piperazine rings is 1. The lowest BCUT2D eigenvalue weighted by atomic mass is 10.1. The van der Waals surface area contributed by atoms with Crippen LogP contribution in [0.25, 0.3) is 0 Å². The number of nitrogens with zero attached hydrogens (tertiary/aromatic N) is 2. The van der Waals surface area contributed by atoms with Gasteiger partial charge in [0, 0.05) is 37.6 Å². The summed E-state index contributed by atoms with van der Waals surface area (Å²) in [6.45, 7) is 8.53. The summed E-state index contributed by atoms with van der Waals surface area (Å²) in [4.78, 5) is 18.6. The van der Waals surface area contributed by atoms with E-state index in [0.29, 0.717) is 0 Å². The van der Waals surface area contributed by atoms with Crippen molar-refractivity contribution >= 4 is 33.2 Å². The van der Waals surface area contributed by atoms with E-state index >= 15 is 0 Å². The molecule has 1 aliphatic heterocycles. The van der Waals surface area contributed by atoms with E-state index in [1.54, 1.807) is 23.5 Å². The molecule has 2 atom stereocenters. The van der Waals surface area contributed by atoms with Crippen LogP contribution in [-0.2, 0) is 11.3 Å². The summed E-state index contributed by atoms with van der Waals surface area (Å²) in [7, 11) is 0. The molecule has 2 heterocycles. The van der Waals surface area contributed by atoms with Crippen molar-refractivity contribution < 1.29 is 9.18 Å². The zero-order chi connectivity index (χ0) is 19.4. The van der Waals surface area contributed by atoms with Crippen molar-refractivity contribution in [1.82, 2.24) is 15.1 Å². The second kappa shape index (κ2) is 9.28. The second-order valence-electron chi connectivity index (χ2n) is 6.98. The van der Waals surface area contributed by atoms with Crippen LogP contribution in [-0.4, -0.2) is 47.9 Å². The molecule has 1 aromatic heterocycles. The van der Waals surface area contributed by atoms with E-state index in [2.05, 4.69) is 43.2 Å². The molecule has 1 N–H and O–H groups in total. The first kappa shape index (κ1) is 20.5. The van der Waals surface area contributed by atoms with Gasteiger partial charge >= 0.3 is 0 Å². The largest absolute Gasteiger partial charge is 0.348 e. The molecule has 1 aromatic carbocycles. The van der Waals surface area contributed by atoms with E-state index < -0.39 is 0 Å². The van der Waals surface area contributed by atoms with Crippen LogP contribution in [0.4, 0.5) is 4.39 Å². The smallest absolute Gasteiger partial charge is 0.237 e. The Hall–Kier alpha value is -1.28. The molecule has 1 amide bonds. The molecule has 4 nitrogen and oxygen atoms in total. The summed E-state index contributed by atoms with van der Waals surface area (Å²) >= 11 is 5.28. The van der Waals surface area contributed by atoms with Crippen molar-refractivity contribution in [2.24, 2.45) is 0 Å². The Bertz CT molecular complexity index is 759. The number of benzene rings is 1. The van der Waals surface area contributed by atoms with Gasteiger partial charge in [-0.15, -0.1) is 11.3 Å². The third-order valence-corrected chi connectivity index (χ3v) is 6.68. The highest BCUT2D eigenvalue weighted by molar-refractivity contribution is 9.11. The normalized spacial score (nSPS) is 18.2. The van der Waals surface area contributed by atoms with Gasteiger partial charge in [-0.25, -0.2) is 4.39 Å². The van der Waals surface area contributed by atoms with Gasteiger partial charge in [0.05, 0.1) is 15.9 Å². The van der Waals surface area contributed by atoms with Crippen LogP contribution < -0.4 is 5.32 Å². The van der Waals surface area contributed by atoms with Gasteiger partial charge in [0.25, 0.3) is 0 Å². The molecular weight excluding hydrogens is 429 g/mol. The van der Waals surface area contributed by atoms with Gasteiger partial charge in [-0.05, 0) is 59.6 Å². The molecule has 3 rings (SSSR count). The van der Waals surface area contributed by atoms with Crippen molar-refractivity contribution in [3.63, 3.8) is 0 Å². The highest BCUT2D eigenvalue weighted by Crippen LogP contribution is 2.24. The average Bonchev–Trinajstić information content (AvgIpc) is 3.07. The van der Waals surface area contributed by atoms with Crippen LogP contribution in [0.3, 0.4) is 0 Å². The number of carbonyl (C=O) groups is 1. The highest BCUT2D eigenvalue weighted by Gasteiger charge is 2.26. The Morgan fingerprint density at radius 3 is 2.41 bits per heavy atom. The first-order chi connectivity index (χ1) is 12.9. The summed E-state index contributed by atoms with van der Waals surface area (Å²) in [6.07, 6.45) is 0. The number of carbonyl (C=O) groups excluding carboxylic acids is 1. The van der Waals surface area contributed by atoms with Gasteiger partial charge in [0.1, 0.15) is 5.82 Å². The lowest BCUT2D eigenvalue weighted by molar-refractivity contribution is -0.127. The van der Waals surface area contributed by atoms with Crippen LogP contribution in [0.15, 0.2) is 40.2 Å². The summed E-state index contributed by atoms with van der Waals surface area (Å²) in [6, 6.07) is 10.2. The van der Waals surface area contributed by atoms with E-state index in [9.17, 15) is 9.18 Å². The molecule has 1 saturated heterocycles. The summed E-state index contributed by atoms with van der Waals surface area (Å²) in [5.41, 5.74) is 0.906. The molecule has 27 heavy (non-hydrogen) atoms. The van der Waals surface area contributed by atoms with E-state index in [1.807, 2.05) is 13.8 Å². The number of rotatable bonds is 6. The van der Waals surface area contributed by atoms with Gasteiger partial charge in [-0.2, -0.15) is 0 Å². The lowest BCUT2D eigenvalue weighted by Crippen LogP contribution is -2.53. The minimum Gasteiger partial charge on any atom is -0.348 e. The number of halogens is 2. The van der Waals surface area contributed by atoms with Crippen LogP contribution in [0.1, 0.15) is 30.3 Å². The summed E-state index contributed by atoms with van der Waals surface area (Å²) < 4.78 is 14.2. The van der Waals surface area contributed by atoms with Crippen molar-refractivity contribution in [1.29, 1.82) is 0 Å². The molecule has 0 bridgehead atoms. The molecule has 0 aliphatic carbocycles. The summed E-state index contributed by atoms with van der Waals surface area (Å²) in [5.74, 6) is -0.249. The topological polar surface area (TPSA) is 35.6 Å². The number of thiophene rings is 1. The maximum Gasteiger partial charge on any atom is 0.237 e. The Kier molecular flexibility index (Phi) is 7.03. The maximum absolute atomic E-state index is 13.1. The second-order valence-corrected chi connectivity index (χ2v) is 9.52. The summed E-state index contributed by atoms with van der Waals surface area (Å²) in [5, 5.41) is 3.05. The first-order valence-corrected chi connectivity index (χ1v) is 10.8. The van der Waals surface area contributed by atoms with Crippen LogP contribution >= 0.6 is 27.3 Å². The molecule has 146 valence electrons. The predicted molar refractivity (Wildman–Crippen MR) is 111 cm³/mol. The van der Waals surface area contributed by atoms with E-state index in [-0.39, 0.29) is 23.8 Å². The molecular formula is C20H25BrFN3OS. The third-order valence-electron chi connectivity index (χ3n) is 5.07. The molecule has 0 radical (unpaired) electrons.